The van der Waals surface area contributed by atoms with Crippen LogP contribution < -0.4 is 5.32 Å². The Balaban J connectivity index is 2.11. The third-order valence-corrected chi connectivity index (χ3v) is 3.98. The van der Waals surface area contributed by atoms with Crippen molar-refractivity contribution in [1.82, 2.24) is 10.3 Å². The van der Waals surface area contributed by atoms with E-state index in [0.717, 1.165) is 11.6 Å². The number of nitrogens with zero attached hydrogens (tertiary/aromatic N) is 1. The molecule has 0 radical (unpaired) electrons. The molecule has 1 fully saturated rings. The molecule has 1 aromatic rings. The van der Waals surface area contributed by atoms with Crippen molar-refractivity contribution in [3.05, 3.63) is 16.1 Å². The normalized spacial score (nSPS) is 22.9. The number of rotatable bonds is 4. The molecule has 1 saturated heterocycles. The van der Waals surface area contributed by atoms with E-state index in [1.54, 1.807) is 18.4 Å². The summed E-state index contributed by atoms with van der Waals surface area (Å²) in [4.78, 5) is 4.72. The summed E-state index contributed by atoms with van der Waals surface area (Å²) in [6.45, 7) is 5.46. The van der Waals surface area contributed by atoms with Crippen LogP contribution in [0, 0.1) is 5.92 Å². The largest absolute Gasteiger partial charge is 0.374 e. The number of hydrogen-bond donors (Lipinski definition) is 1. The fourth-order valence-electron chi connectivity index (χ4n) is 2.19. The van der Waals surface area contributed by atoms with E-state index in [0.29, 0.717) is 12.0 Å². The Morgan fingerprint density at radius 2 is 2.38 bits per heavy atom. The van der Waals surface area contributed by atoms with Gasteiger partial charge in [-0.05, 0) is 25.3 Å². The molecule has 4 heteroatoms. The number of nitrogens with one attached hydrogen (secondary N) is 1. The first-order valence-electron chi connectivity index (χ1n) is 5.94. The maximum Gasteiger partial charge on any atom is 0.122 e. The minimum Gasteiger partial charge on any atom is -0.374 e. The monoisotopic (exact) mass is 240 g/mol. The van der Waals surface area contributed by atoms with Crippen LogP contribution in [-0.2, 0) is 4.74 Å². The van der Waals surface area contributed by atoms with Crippen molar-refractivity contribution in [2.24, 2.45) is 5.92 Å². The first-order valence-corrected chi connectivity index (χ1v) is 6.82. The van der Waals surface area contributed by atoms with Crippen LogP contribution in [0.25, 0.3) is 0 Å². The third kappa shape index (κ3) is 2.44. The van der Waals surface area contributed by atoms with E-state index in [9.17, 15) is 0 Å². The number of thiazole rings is 1. The number of ether oxygens (including phenoxy) is 1. The van der Waals surface area contributed by atoms with E-state index in [2.05, 4.69) is 24.5 Å². The van der Waals surface area contributed by atoms with Crippen LogP contribution in [0.2, 0.25) is 0 Å². The molecule has 0 amide bonds. The number of aromatic nitrogens is 1. The Morgan fingerprint density at radius 3 is 2.94 bits per heavy atom. The Morgan fingerprint density at radius 1 is 1.56 bits per heavy atom. The maximum atomic E-state index is 5.50. The van der Waals surface area contributed by atoms with E-state index in [4.69, 9.17) is 9.72 Å². The molecular formula is C12H20N2OS. The average Bonchev–Trinajstić information content (AvgIpc) is 2.86. The zero-order valence-electron chi connectivity index (χ0n) is 10.2. The van der Waals surface area contributed by atoms with Gasteiger partial charge in [-0.25, -0.2) is 4.98 Å². The molecule has 0 bridgehead atoms. The fourth-order valence-corrected chi connectivity index (χ4v) is 3.31. The molecule has 0 saturated carbocycles. The zero-order valence-corrected chi connectivity index (χ0v) is 11.0. The average molecular weight is 240 g/mol. The number of methoxy groups -OCH3 is 1. The van der Waals surface area contributed by atoms with E-state index in [1.165, 1.54) is 18.5 Å². The van der Waals surface area contributed by atoms with E-state index >= 15 is 0 Å². The molecule has 90 valence electrons. The lowest BCUT2D eigenvalue weighted by Crippen LogP contribution is -2.14. The van der Waals surface area contributed by atoms with Crippen LogP contribution >= 0.6 is 11.3 Å². The molecule has 1 N–H and O–H groups in total. The molecule has 0 aliphatic carbocycles. The van der Waals surface area contributed by atoms with Crippen LogP contribution in [0.5, 0.6) is 0 Å². The van der Waals surface area contributed by atoms with Crippen LogP contribution in [0.3, 0.4) is 0 Å². The molecule has 1 aliphatic rings. The minimum atomic E-state index is 0.139. The lowest BCUT2D eigenvalue weighted by atomic mass is 10.1. The molecular weight excluding hydrogens is 220 g/mol. The predicted molar refractivity (Wildman–Crippen MR) is 66.7 cm³/mol. The predicted octanol–water partition coefficient (Wildman–Crippen LogP) is 2.91. The van der Waals surface area contributed by atoms with Crippen molar-refractivity contribution < 1.29 is 4.74 Å². The molecule has 1 aromatic heterocycles. The highest BCUT2D eigenvalue weighted by molar-refractivity contribution is 7.09. The van der Waals surface area contributed by atoms with Gasteiger partial charge in [0.15, 0.2) is 0 Å². The number of hydrogen-bond acceptors (Lipinski definition) is 4. The summed E-state index contributed by atoms with van der Waals surface area (Å²) in [6, 6.07) is 0.467. The highest BCUT2D eigenvalue weighted by Gasteiger charge is 2.23. The van der Waals surface area contributed by atoms with Crippen molar-refractivity contribution in [1.29, 1.82) is 0 Å². The van der Waals surface area contributed by atoms with E-state index in [1.807, 2.05) is 0 Å². The molecule has 0 spiro atoms. The first kappa shape index (κ1) is 12.0. The minimum absolute atomic E-state index is 0.139. The molecule has 16 heavy (non-hydrogen) atoms. The van der Waals surface area contributed by atoms with Gasteiger partial charge in [-0.15, -0.1) is 11.3 Å². The van der Waals surface area contributed by atoms with Gasteiger partial charge in [0.25, 0.3) is 0 Å². The van der Waals surface area contributed by atoms with Crippen molar-refractivity contribution in [3.63, 3.8) is 0 Å². The van der Waals surface area contributed by atoms with Gasteiger partial charge in [-0.2, -0.15) is 0 Å². The second-order valence-corrected chi connectivity index (χ2v) is 5.55. The van der Waals surface area contributed by atoms with Crippen molar-refractivity contribution in [2.45, 2.75) is 38.8 Å². The summed E-state index contributed by atoms with van der Waals surface area (Å²) in [5.74, 6) is 0.473. The van der Waals surface area contributed by atoms with Gasteiger partial charge >= 0.3 is 0 Å². The molecule has 2 rings (SSSR count). The second kappa shape index (κ2) is 5.25. The Hall–Kier alpha value is -0.450. The molecule has 0 aromatic carbocycles. The second-order valence-electron chi connectivity index (χ2n) is 4.66. The van der Waals surface area contributed by atoms with Crippen LogP contribution in [0.15, 0.2) is 5.38 Å². The fraction of sp³-hybridized carbons (Fsp3) is 0.750. The van der Waals surface area contributed by atoms with Crippen LogP contribution in [-0.4, -0.2) is 18.6 Å². The van der Waals surface area contributed by atoms with Gasteiger partial charge in [-0.1, -0.05) is 13.8 Å². The summed E-state index contributed by atoms with van der Waals surface area (Å²) < 4.78 is 5.50. The topological polar surface area (TPSA) is 34.1 Å². The van der Waals surface area contributed by atoms with Crippen LogP contribution in [0.4, 0.5) is 0 Å². The Kier molecular flexibility index (Phi) is 3.95. The smallest absolute Gasteiger partial charge is 0.122 e. The summed E-state index contributed by atoms with van der Waals surface area (Å²) in [6.07, 6.45) is 2.61. The summed E-state index contributed by atoms with van der Waals surface area (Å²) in [7, 11) is 1.76. The molecule has 2 unspecified atom stereocenters. The zero-order chi connectivity index (χ0) is 11.5. The molecule has 3 nitrogen and oxygen atoms in total. The van der Waals surface area contributed by atoms with Gasteiger partial charge in [0.2, 0.25) is 0 Å². The first-order chi connectivity index (χ1) is 7.72. The Bertz CT molecular complexity index is 332. The van der Waals surface area contributed by atoms with Crippen molar-refractivity contribution in [3.8, 4) is 0 Å². The SMILES string of the molecule is COC(c1nc(C2CCCN2)cs1)C(C)C. The molecule has 2 heterocycles. The van der Waals surface area contributed by atoms with Gasteiger partial charge < -0.3 is 10.1 Å². The van der Waals surface area contributed by atoms with Gasteiger partial charge in [0.1, 0.15) is 11.1 Å². The molecule has 1 aliphatic heterocycles. The highest BCUT2D eigenvalue weighted by atomic mass is 32.1. The lowest BCUT2D eigenvalue weighted by molar-refractivity contribution is 0.0642. The summed E-state index contributed by atoms with van der Waals surface area (Å²) in [5.41, 5.74) is 1.19. The molecule has 2 atom stereocenters. The van der Waals surface area contributed by atoms with E-state index < -0.39 is 0 Å². The quantitative estimate of drug-likeness (QED) is 0.878. The maximum absolute atomic E-state index is 5.50. The van der Waals surface area contributed by atoms with Gasteiger partial charge in [0.05, 0.1) is 11.7 Å². The van der Waals surface area contributed by atoms with Crippen molar-refractivity contribution >= 4 is 11.3 Å². The standard InChI is InChI=1S/C12H20N2OS/c1-8(2)11(15-3)12-14-10(7-16-12)9-5-4-6-13-9/h7-9,11,13H,4-6H2,1-3H3. The summed E-state index contributed by atoms with van der Waals surface area (Å²) in [5, 5.41) is 6.76. The highest BCUT2D eigenvalue weighted by Crippen LogP contribution is 2.31. The Labute approximate surface area is 101 Å². The third-order valence-electron chi connectivity index (χ3n) is 3.06. The van der Waals surface area contributed by atoms with Gasteiger partial charge in [0, 0.05) is 12.5 Å². The van der Waals surface area contributed by atoms with Crippen molar-refractivity contribution in [2.75, 3.05) is 13.7 Å². The lowest BCUT2D eigenvalue weighted by Gasteiger charge is -2.16. The van der Waals surface area contributed by atoms with Crippen LogP contribution in [0.1, 0.15) is 49.5 Å². The van der Waals surface area contributed by atoms with Gasteiger partial charge in [-0.3, -0.25) is 0 Å². The van der Waals surface area contributed by atoms with E-state index in [-0.39, 0.29) is 6.10 Å². The summed E-state index contributed by atoms with van der Waals surface area (Å²) >= 11 is 1.72.